The second kappa shape index (κ2) is 4.62. The van der Waals surface area contributed by atoms with Gasteiger partial charge in [-0.1, -0.05) is 0 Å². The SMILES string of the molecule is O=C1CC(S(=O)(=O)F)CN1c1cc(CO)ccn1. The predicted octanol–water partition coefficient (Wildman–Crippen LogP) is -0.0215. The molecular weight excluding hydrogens is 263 g/mol. The van der Waals surface area contributed by atoms with Gasteiger partial charge in [-0.2, -0.15) is 8.42 Å². The average molecular weight is 274 g/mol. The molecule has 0 bridgehead atoms. The van der Waals surface area contributed by atoms with Gasteiger partial charge in [0.15, 0.2) is 0 Å². The maximum atomic E-state index is 12.8. The van der Waals surface area contributed by atoms with Crippen molar-refractivity contribution in [2.24, 2.45) is 0 Å². The number of aromatic nitrogens is 1. The molecular formula is C10H11FN2O4S. The van der Waals surface area contributed by atoms with Crippen LogP contribution in [-0.2, 0) is 21.6 Å². The molecule has 0 radical (unpaired) electrons. The van der Waals surface area contributed by atoms with Crippen molar-refractivity contribution in [3.05, 3.63) is 23.9 Å². The number of hydrogen-bond acceptors (Lipinski definition) is 5. The van der Waals surface area contributed by atoms with Gasteiger partial charge in [0.25, 0.3) is 0 Å². The first-order chi connectivity index (χ1) is 8.41. The molecule has 8 heteroatoms. The molecule has 0 saturated carbocycles. The summed E-state index contributed by atoms with van der Waals surface area (Å²) in [5.41, 5.74) is 0.541. The molecule has 1 saturated heterocycles. The molecule has 1 N–H and O–H groups in total. The number of amides is 1. The molecule has 2 rings (SSSR count). The normalized spacial score (nSPS) is 20.4. The van der Waals surface area contributed by atoms with Crippen molar-refractivity contribution in [1.82, 2.24) is 4.98 Å². The molecule has 1 aliphatic heterocycles. The zero-order chi connectivity index (χ0) is 13.3. The molecule has 1 fully saturated rings. The molecule has 0 aromatic carbocycles. The molecule has 1 aromatic heterocycles. The fourth-order valence-electron chi connectivity index (χ4n) is 1.79. The Labute approximate surface area is 103 Å². The van der Waals surface area contributed by atoms with Gasteiger partial charge in [-0.25, -0.2) is 4.98 Å². The van der Waals surface area contributed by atoms with Crippen LogP contribution in [0.1, 0.15) is 12.0 Å². The summed E-state index contributed by atoms with van der Waals surface area (Å²) in [6.07, 6.45) is 1.01. The van der Waals surface area contributed by atoms with Gasteiger partial charge in [0.1, 0.15) is 11.1 Å². The topological polar surface area (TPSA) is 87.6 Å². The Bertz CT molecular complexity index is 575. The van der Waals surface area contributed by atoms with Gasteiger partial charge in [0, 0.05) is 19.2 Å². The summed E-state index contributed by atoms with van der Waals surface area (Å²) in [7, 11) is -4.73. The highest BCUT2D eigenvalue weighted by molar-refractivity contribution is 7.87. The van der Waals surface area contributed by atoms with E-state index in [2.05, 4.69) is 4.98 Å². The summed E-state index contributed by atoms with van der Waals surface area (Å²) in [6, 6.07) is 3.03. The third-order valence-electron chi connectivity index (χ3n) is 2.76. The van der Waals surface area contributed by atoms with Gasteiger partial charge in [0.05, 0.1) is 6.61 Å². The molecule has 1 amide bonds. The van der Waals surface area contributed by atoms with Crippen LogP contribution in [-0.4, -0.2) is 36.2 Å². The zero-order valence-electron chi connectivity index (χ0n) is 9.28. The van der Waals surface area contributed by atoms with E-state index in [4.69, 9.17) is 5.11 Å². The summed E-state index contributed by atoms with van der Waals surface area (Å²) in [5, 5.41) is 7.62. The monoisotopic (exact) mass is 274 g/mol. The lowest BCUT2D eigenvalue weighted by atomic mass is 10.3. The van der Waals surface area contributed by atoms with Gasteiger partial charge >= 0.3 is 10.2 Å². The van der Waals surface area contributed by atoms with E-state index < -0.39 is 21.4 Å². The highest BCUT2D eigenvalue weighted by atomic mass is 32.3. The van der Waals surface area contributed by atoms with Crippen molar-refractivity contribution >= 4 is 21.9 Å². The molecule has 98 valence electrons. The molecule has 1 unspecified atom stereocenters. The summed E-state index contributed by atoms with van der Waals surface area (Å²) in [5.74, 6) is -0.276. The molecule has 6 nitrogen and oxygen atoms in total. The predicted molar refractivity (Wildman–Crippen MR) is 60.9 cm³/mol. The number of anilines is 1. The van der Waals surface area contributed by atoms with Crippen LogP contribution in [0, 0.1) is 0 Å². The van der Waals surface area contributed by atoms with Crippen molar-refractivity contribution in [2.45, 2.75) is 18.3 Å². The van der Waals surface area contributed by atoms with E-state index in [0.29, 0.717) is 5.56 Å². The lowest BCUT2D eigenvalue weighted by molar-refractivity contribution is -0.117. The minimum absolute atomic E-state index is 0.220. The molecule has 0 aliphatic carbocycles. The Morgan fingerprint density at radius 3 is 2.83 bits per heavy atom. The number of rotatable bonds is 3. The third-order valence-corrected chi connectivity index (χ3v) is 3.87. The number of halogens is 1. The molecule has 1 aliphatic rings. The van der Waals surface area contributed by atoms with Crippen LogP contribution >= 0.6 is 0 Å². The van der Waals surface area contributed by atoms with Crippen LogP contribution in [0.15, 0.2) is 18.3 Å². The third kappa shape index (κ3) is 2.49. The van der Waals surface area contributed by atoms with Gasteiger partial charge < -0.3 is 5.11 Å². The van der Waals surface area contributed by atoms with Gasteiger partial charge in [-0.15, -0.1) is 3.89 Å². The van der Waals surface area contributed by atoms with Gasteiger partial charge in [-0.05, 0) is 17.7 Å². The minimum atomic E-state index is -4.73. The Hall–Kier alpha value is -1.54. The molecule has 18 heavy (non-hydrogen) atoms. The Morgan fingerprint density at radius 1 is 1.56 bits per heavy atom. The number of hydrogen-bond donors (Lipinski definition) is 1. The second-order valence-corrected chi connectivity index (χ2v) is 5.60. The van der Waals surface area contributed by atoms with Crippen LogP contribution in [0.25, 0.3) is 0 Å². The van der Waals surface area contributed by atoms with Crippen LogP contribution in [0.2, 0.25) is 0 Å². The summed E-state index contributed by atoms with van der Waals surface area (Å²) in [6.45, 7) is -0.470. The van der Waals surface area contributed by atoms with Crippen LogP contribution in [0.4, 0.5) is 9.70 Å². The molecule has 1 atom stereocenters. The first kappa shape index (κ1) is 12.9. The van der Waals surface area contributed by atoms with Crippen molar-refractivity contribution in [2.75, 3.05) is 11.4 Å². The van der Waals surface area contributed by atoms with Crippen molar-refractivity contribution in [3.63, 3.8) is 0 Å². The minimum Gasteiger partial charge on any atom is -0.392 e. The van der Waals surface area contributed by atoms with Gasteiger partial charge in [0.2, 0.25) is 5.91 Å². The first-order valence-electron chi connectivity index (χ1n) is 5.21. The largest absolute Gasteiger partial charge is 0.392 e. The number of pyridine rings is 1. The standard InChI is InChI=1S/C10H11FN2O4S/c11-18(16,17)8-4-10(15)13(5-8)9-3-7(6-14)1-2-12-9/h1-3,8,14H,4-6H2. The Morgan fingerprint density at radius 2 is 2.28 bits per heavy atom. The Kier molecular flexibility index (Phi) is 3.31. The van der Waals surface area contributed by atoms with E-state index in [1.54, 1.807) is 6.07 Å². The zero-order valence-corrected chi connectivity index (χ0v) is 10.1. The number of aliphatic hydroxyl groups excluding tert-OH is 1. The average Bonchev–Trinajstić information content (AvgIpc) is 2.71. The van der Waals surface area contributed by atoms with Crippen molar-refractivity contribution in [3.8, 4) is 0 Å². The number of carbonyl (C=O) groups excluding carboxylic acids is 1. The maximum Gasteiger partial charge on any atom is 0.307 e. The summed E-state index contributed by atoms with van der Waals surface area (Å²) in [4.78, 5) is 16.6. The van der Waals surface area contributed by atoms with E-state index in [1.807, 2.05) is 0 Å². The van der Waals surface area contributed by atoms with Crippen LogP contribution in [0.3, 0.4) is 0 Å². The highest BCUT2D eigenvalue weighted by Gasteiger charge is 2.39. The summed E-state index contributed by atoms with van der Waals surface area (Å²) >= 11 is 0. The molecule has 1 aromatic rings. The van der Waals surface area contributed by atoms with E-state index in [-0.39, 0.29) is 25.4 Å². The fourth-order valence-corrected chi connectivity index (χ4v) is 2.46. The lowest BCUT2D eigenvalue weighted by Gasteiger charge is -2.15. The molecule has 2 heterocycles. The van der Waals surface area contributed by atoms with E-state index >= 15 is 0 Å². The van der Waals surface area contributed by atoms with Crippen molar-refractivity contribution < 1.29 is 22.2 Å². The number of carbonyl (C=O) groups is 1. The second-order valence-electron chi connectivity index (χ2n) is 3.99. The summed E-state index contributed by atoms with van der Waals surface area (Å²) < 4.78 is 34.4. The fraction of sp³-hybridized carbons (Fsp3) is 0.400. The van der Waals surface area contributed by atoms with Gasteiger partial charge in [-0.3, -0.25) is 9.69 Å². The lowest BCUT2D eigenvalue weighted by Crippen LogP contribution is -2.27. The maximum absolute atomic E-state index is 12.8. The Balaban J connectivity index is 2.27. The van der Waals surface area contributed by atoms with Crippen molar-refractivity contribution in [1.29, 1.82) is 0 Å². The molecule has 0 spiro atoms. The van der Waals surface area contributed by atoms with E-state index in [9.17, 15) is 17.1 Å². The first-order valence-corrected chi connectivity index (χ1v) is 6.66. The quantitative estimate of drug-likeness (QED) is 0.783. The number of aliphatic hydroxyl groups is 1. The highest BCUT2D eigenvalue weighted by Crippen LogP contribution is 2.24. The van der Waals surface area contributed by atoms with Crippen LogP contribution < -0.4 is 4.90 Å². The number of nitrogens with zero attached hydrogens (tertiary/aromatic N) is 2. The smallest absolute Gasteiger partial charge is 0.307 e. The van der Waals surface area contributed by atoms with Crippen LogP contribution in [0.5, 0.6) is 0 Å². The van der Waals surface area contributed by atoms with E-state index in [1.165, 1.54) is 12.3 Å². The van der Waals surface area contributed by atoms with E-state index in [0.717, 1.165) is 4.90 Å².